The third kappa shape index (κ3) is 8.90. The molecule has 0 bridgehead atoms. The lowest BCUT2D eigenvalue weighted by Gasteiger charge is -2.25. The number of thiazole rings is 1. The van der Waals surface area contributed by atoms with Gasteiger partial charge >= 0.3 is 0 Å². The molecule has 3 rings (SSSR count). The minimum atomic E-state index is -3.78. The molecule has 12 heteroatoms. The molecule has 222 valence electrons. The molecule has 1 amide bonds. The van der Waals surface area contributed by atoms with E-state index in [4.69, 9.17) is 4.74 Å². The van der Waals surface area contributed by atoms with Crippen LogP contribution in [0.3, 0.4) is 0 Å². The molecule has 0 saturated carbocycles. The number of sulfonamides is 1. The minimum Gasteiger partial charge on any atom is -0.494 e. The van der Waals surface area contributed by atoms with Gasteiger partial charge < -0.3 is 14.7 Å². The zero-order valence-corrected chi connectivity index (χ0v) is 25.3. The fraction of sp³-hybridized carbons (Fsp3) is 0.414. The number of carbonyl (C=O) groups excluding carboxylic acids is 2. The fourth-order valence-corrected chi connectivity index (χ4v) is 5.73. The van der Waals surface area contributed by atoms with E-state index in [1.54, 1.807) is 6.92 Å². The second-order valence-electron chi connectivity index (χ2n) is 9.76. The lowest BCUT2D eigenvalue weighted by Crippen LogP contribution is -2.36. The molecule has 0 aliphatic heterocycles. The second kappa shape index (κ2) is 14.6. The molecule has 3 aromatic rings. The number of halogens is 1. The standard InChI is InChI=1S/C29H36FN3O6S2/c1-5-16-39-22-13-14-23(24(30)17-22)28(35)29(36)33(15-9-12-21-10-7-6-8-11-21)18-26-31-27(20(2)40-26)25(34)19-41(37,38)32(3)4/h6-8,10-11,13-14,17,28,35H,5,9,12,15-16,18-19H2,1-4H3. The Morgan fingerprint density at radius 3 is 2.49 bits per heavy atom. The molecule has 1 heterocycles. The number of aliphatic hydroxyl groups is 1. The summed E-state index contributed by atoms with van der Waals surface area (Å²) in [5.41, 5.74) is 0.933. The van der Waals surface area contributed by atoms with Crippen LogP contribution in [0.2, 0.25) is 0 Å². The molecule has 0 spiro atoms. The van der Waals surface area contributed by atoms with Crippen LogP contribution < -0.4 is 4.74 Å². The highest BCUT2D eigenvalue weighted by Crippen LogP contribution is 2.26. The summed E-state index contributed by atoms with van der Waals surface area (Å²) in [7, 11) is -1.08. The summed E-state index contributed by atoms with van der Waals surface area (Å²) in [6, 6.07) is 13.7. The average molecular weight is 606 g/mol. The molecule has 1 unspecified atom stereocenters. The van der Waals surface area contributed by atoms with Crippen molar-refractivity contribution in [2.24, 2.45) is 0 Å². The van der Waals surface area contributed by atoms with Crippen LogP contribution in [0.25, 0.3) is 0 Å². The van der Waals surface area contributed by atoms with Crippen molar-refractivity contribution in [3.8, 4) is 5.75 Å². The molecule has 41 heavy (non-hydrogen) atoms. The largest absolute Gasteiger partial charge is 0.494 e. The lowest BCUT2D eigenvalue weighted by atomic mass is 10.1. The van der Waals surface area contributed by atoms with Crippen molar-refractivity contribution in [2.45, 2.75) is 45.8 Å². The average Bonchev–Trinajstić information content (AvgIpc) is 3.30. The van der Waals surface area contributed by atoms with Crippen molar-refractivity contribution in [2.75, 3.05) is 33.0 Å². The number of aromatic nitrogens is 1. The second-order valence-corrected chi connectivity index (χ2v) is 13.2. The Labute approximate surface area is 244 Å². The third-order valence-corrected chi connectivity index (χ3v) is 9.02. The molecule has 0 radical (unpaired) electrons. The number of ether oxygens (including phenoxy) is 1. The molecular formula is C29H36FN3O6S2. The van der Waals surface area contributed by atoms with Crippen molar-refractivity contribution in [3.63, 3.8) is 0 Å². The van der Waals surface area contributed by atoms with Crippen LogP contribution >= 0.6 is 11.3 Å². The van der Waals surface area contributed by atoms with Crippen LogP contribution in [0.15, 0.2) is 48.5 Å². The van der Waals surface area contributed by atoms with E-state index in [1.807, 2.05) is 37.3 Å². The minimum absolute atomic E-state index is 0.0290. The van der Waals surface area contributed by atoms with E-state index >= 15 is 0 Å². The van der Waals surface area contributed by atoms with Crippen LogP contribution in [-0.4, -0.2) is 72.4 Å². The van der Waals surface area contributed by atoms with E-state index in [9.17, 15) is 27.5 Å². The number of ketones is 1. The monoisotopic (exact) mass is 605 g/mol. The van der Waals surface area contributed by atoms with Gasteiger partial charge in [-0.15, -0.1) is 11.3 Å². The first-order valence-electron chi connectivity index (χ1n) is 13.3. The molecule has 1 aromatic heterocycles. The first-order valence-corrected chi connectivity index (χ1v) is 15.7. The van der Waals surface area contributed by atoms with E-state index < -0.39 is 39.4 Å². The first kappa shape index (κ1) is 32.3. The SMILES string of the molecule is CCCOc1ccc(C(O)C(=O)N(CCCc2ccccc2)Cc2nc(C(=O)CS(=O)(=O)N(C)C)c(C)s2)c(F)c1. The van der Waals surface area contributed by atoms with Crippen molar-refractivity contribution < 1.29 is 32.2 Å². The molecule has 0 aliphatic carbocycles. The van der Waals surface area contributed by atoms with Crippen molar-refractivity contribution in [3.05, 3.63) is 81.1 Å². The van der Waals surface area contributed by atoms with Gasteiger partial charge in [0.25, 0.3) is 5.91 Å². The predicted octanol–water partition coefficient (Wildman–Crippen LogP) is 4.15. The maximum atomic E-state index is 14.9. The third-order valence-electron chi connectivity index (χ3n) is 6.32. The Hall–Kier alpha value is -3.19. The van der Waals surface area contributed by atoms with Crippen LogP contribution in [0, 0.1) is 12.7 Å². The van der Waals surface area contributed by atoms with Gasteiger partial charge in [-0.2, -0.15) is 0 Å². The Bertz CT molecular complexity index is 1440. The number of carbonyl (C=O) groups is 2. The van der Waals surface area contributed by atoms with Gasteiger partial charge in [0.15, 0.2) is 11.9 Å². The summed E-state index contributed by atoms with van der Waals surface area (Å²) < 4.78 is 45.7. The number of nitrogens with zero attached hydrogens (tertiary/aromatic N) is 3. The van der Waals surface area contributed by atoms with Gasteiger partial charge in [0.1, 0.15) is 28.0 Å². The van der Waals surface area contributed by atoms with Gasteiger partial charge in [-0.1, -0.05) is 37.3 Å². The summed E-state index contributed by atoms with van der Waals surface area (Å²) in [5.74, 6) is -2.54. The van der Waals surface area contributed by atoms with Gasteiger partial charge in [0, 0.05) is 37.1 Å². The van der Waals surface area contributed by atoms with Gasteiger partial charge in [0.05, 0.1) is 13.2 Å². The number of hydrogen-bond acceptors (Lipinski definition) is 8. The predicted molar refractivity (Wildman–Crippen MR) is 156 cm³/mol. The highest BCUT2D eigenvalue weighted by molar-refractivity contribution is 7.89. The first-order chi connectivity index (χ1) is 19.4. The van der Waals surface area contributed by atoms with E-state index in [0.717, 1.165) is 22.4 Å². The molecule has 0 aliphatic rings. The number of amides is 1. The van der Waals surface area contributed by atoms with Crippen molar-refractivity contribution in [1.82, 2.24) is 14.2 Å². The van der Waals surface area contributed by atoms with Crippen molar-refractivity contribution >= 4 is 33.1 Å². The number of aryl methyl sites for hydroxylation is 2. The maximum Gasteiger partial charge on any atom is 0.256 e. The molecule has 9 nitrogen and oxygen atoms in total. The number of Topliss-reactive ketones (excluding diaryl/α,β-unsaturated/α-hetero) is 1. The molecular weight excluding hydrogens is 569 g/mol. The summed E-state index contributed by atoms with van der Waals surface area (Å²) in [4.78, 5) is 32.5. The van der Waals surface area contributed by atoms with Crippen molar-refractivity contribution in [1.29, 1.82) is 0 Å². The topological polar surface area (TPSA) is 117 Å². The van der Waals surface area contributed by atoms with E-state index in [1.165, 1.54) is 42.5 Å². The Balaban J connectivity index is 1.82. The Morgan fingerprint density at radius 1 is 1.15 bits per heavy atom. The quantitative estimate of drug-likeness (QED) is 0.259. The fourth-order valence-electron chi connectivity index (χ4n) is 4.04. The van der Waals surface area contributed by atoms with Gasteiger partial charge in [-0.25, -0.2) is 22.1 Å². The van der Waals surface area contributed by atoms with Crippen LogP contribution in [0.1, 0.15) is 57.4 Å². The van der Waals surface area contributed by atoms with Crippen LogP contribution in [-0.2, 0) is 27.8 Å². The normalized spacial score (nSPS) is 12.4. The summed E-state index contributed by atoms with van der Waals surface area (Å²) in [6.07, 6.45) is 0.213. The van der Waals surface area contributed by atoms with Crippen LogP contribution in [0.4, 0.5) is 4.39 Å². The van der Waals surface area contributed by atoms with Gasteiger partial charge in [-0.05, 0) is 43.9 Å². The number of rotatable bonds is 15. The smallest absolute Gasteiger partial charge is 0.256 e. The molecule has 1 N–H and O–H groups in total. The zero-order chi connectivity index (χ0) is 30.2. The molecule has 0 fully saturated rings. The Kier molecular flexibility index (Phi) is 11.5. The highest BCUT2D eigenvalue weighted by atomic mass is 32.2. The summed E-state index contributed by atoms with van der Waals surface area (Å²) in [6.45, 7) is 4.19. The summed E-state index contributed by atoms with van der Waals surface area (Å²) in [5, 5.41) is 11.3. The molecule has 2 aromatic carbocycles. The molecule has 0 saturated heterocycles. The van der Waals surface area contributed by atoms with Gasteiger partial charge in [0.2, 0.25) is 10.0 Å². The van der Waals surface area contributed by atoms with E-state index in [0.29, 0.717) is 35.1 Å². The van der Waals surface area contributed by atoms with Gasteiger partial charge in [-0.3, -0.25) is 9.59 Å². The zero-order valence-electron chi connectivity index (χ0n) is 23.7. The summed E-state index contributed by atoms with van der Waals surface area (Å²) >= 11 is 1.17. The van der Waals surface area contributed by atoms with E-state index in [-0.39, 0.29) is 24.3 Å². The maximum absolute atomic E-state index is 14.9. The van der Waals surface area contributed by atoms with E-state index in [2.05, 4.69) is 4.98 Å². The Morgan fingerprint density at radius 2 is 1.85 bits per heavy atom. The lowest BCUT2D eigenvalue weighted by molar-refractivity contribution is -0.141. The molecule has 1 atom stereocenters. The number of hydrogen-bond donors (Lipinski definition) is 1. The number of aliphatic hydroxyl groups excluding tert-OH is 1. The number of benzene rings is 2. The van der Waals surface area contributed by atoms with Crippen LogP contribution in [0.5, 0.6) is 5.75 Å². The highest BCUT2D eigenvalue weighted by Gasteiger charge is 2.29.